The van der Waals surface area contributed by atoms with Crippen molar-refractivity contribution in [3.05, 3.63) is 23.8 Å². The van der Waals surface area contributed by atoms with Crippen LogP contribution in [0.1, 0.15) is 18.9 Å². The van der Waals surface area contributed by atoms with Crippen LogP contribution in [0.15, 0.2) is 23.1 Å². The lowest BCUT2D eigenvalue weighted by Gasteiger charge is -2.06. The number of hydrogen-bond donors (Lipinski definition) is 1. The van der Waals surface area contributed by atoms with Gasteiger partial charge in [0.15, 0.2) is 9.84 Å². The maximum atomic E-state index is 12.0. The summed E-state index contributed by atoms with van der Waals surface area (Å²) in [6.07, 6.45) is 0.699. The molecule has 17 heavy (non-hydrogen) atoms. The lowest BCUT2D eigenvalue weighted by atomic mass is 10.2. The number of nitrogen functional groups attached to an aromatic ring is 1. The third-order valence-corrected chi connectivity index (χ3v) is 5.29. The molecule has 0 amide bonds. The molecular formula is C12H19NO2S2. The van der Waals surface area contributed by atoms with Crippen molar-refractivity contribution in [2.45, 2.75) is 25.2 Å². The fourth-order valence-electron chi connectivity index (χ4n) is 1.45. The van der Waals surface area contributed by atoms with Crippen molar-refractivity contribution in [3.8, 4) is 0 Å². The van der Waals surface area contributed by atoms with Gasteiger partial charge in [0, 0.05) is 5.69 Å². The first-order chi connectivity index (χ1) is 7.97. The highest BCUT2D eigenvalue weighted by atomic mass is 32.2. The van der Waals surface area contributed by atoms with Crippen LogP contribution < -0.4 is 5.73 Å². The molecular weight excluding hydrogens is 254 g/mol. The molecule has 0 saturated heterocycles. The minimum absolute atomic E-state index is 0.212. The minimum atomic E-state index is -3.15. The molecule has 0 radical (unpaired) electrons. The minimum Gasteiger partial charge on any atom is -0.399 e. The summed E-state index contributed by atoms with van der Waals surface area (Å²) in [5.41, 5.74) is 7.12. The van der Waals surface area contributed by atoms with Gasteiger partial charge in [-0.15, -0.1) is 0 Å². The first kappa shape index (κ1) is 14.4. The summed E-state index contributed by atoms with van der Waals surface area (Å²) in [4.78, 5) is 0.380. The van der Waals surface area contributed by atoms with Gasteiger partial charge < -0.3 is 5.73 Å². The molecule has 1 aromatic carbocycles. The Morgan fingerprint density at radius 1 is 1.35 bits per heavy atom. The van der Waals surface area contributed by atoms with Crippen molar-refractivity contribution < 1.29 is 8.42 Å². The SMILES string of the molecule is CCSCCCS(=O)(=O)c1ccc(N)c(C)c1. The monoisotopic (exact) mass is 273 g/mol. The number of thioether (sulfide) groups is 1. The van der Waals surface area contributed by atoms with Gasteiger partial charge in [0.25, 0.3) is 0 Å². The Morgan fingerprint density at radius 3 is 2.65 bits per heavy atom. The van der Waals surface area contributed by atoms with Gasteiger partial charge in [-0.3, -0.25) is 0 Å². The smallest absolute Gasteiger partial charge is 0.178 e. The standard InChI is InChI=1S/C12H19NO2S2/c1-3-16-7-4-8-17(14,15)11-5-6-12(13)10(2)9-11/h5-6,9H,3-4,7-8,13H2,1-2H3. The van der Waals surface area contributed by atoms with Crippen LogP contribution in [0.4, 0.5) is 5.69 Å². The number of hydrogen-bond acceptors (Lipinski definition) is 4. The first-order valence-electron chi connectivity index (χ1n) is 5.64. The highest BCUT2D eigenvalue weighted by Crippen LogP contribution is 2.19. The Balaban J connectivity index is 2.72. The van der Waals surface area contributed by atoms with Crippen LogP contribution in [0.5, 0.6) is 0 Å². The maximum absolute atomic E-state index is 12.0. The number of nitrogens with two attached hydrogens (primary N) is 1. The van der Waals surface area contributed by atoms with Crippen LogP contribution in [0.2, 0.25) is 0 Å². The molecule has 3 nitrogen and oxygen atoms in total. The number of sulfone groups is 1. The van der Waals surface area contributed by atoms with Crippen LogP contribution in [0.3, 0.4) is 0 Å². The number of aryl methyl sites for hydroxylation is 1. The van der Waals surface area contributed by atoms with Gasteiger partial charge in [-0.25, -0.2) is 8.42 Å². The third-order valence-electron chi connectivity index (χ3n) is 2.51. The van der Waals surface area contributed by atoms with E-state index in [2.05, 4.69) is 6.92 Å². The van der Waals surface area contributed by atoms with Crippen molar-refractivity contribution in [3.63, 3.8) is 0 Å². The Morgan fingerprint density at radius 2 is 2.06 bits per heavy atom. The van der Waals surface area contributed by atoms with E-state index in [1.165, 1.54) is 0 Å². The lowest BCUT2D eigenvalue weighted by Crippen LogP contribution is -2.08. The second kappa shape index (κ2) is 6.31. The quantitative estimate of drug-likeness (QED) is 0.639. The summed E-state index contributed by atoms with van der Waals surface area (Å²) in [7, 11) is -3.15. The normalized spacial score (nSPS) is 11.6. The fraction of sp³-hybridized carbons (Fsp3) is 0.500. The number of rotatable bonds is 6. The first-order valence-corrected chi connectivity index (χ1v) is 8.44. The number of benzene rings is 1. The van der Waals surface area contributed by atoms with Crippen molar-refractivity contribution in [1.82, 2.24) is 0 Å². The van der Waals surface area contributed by atoms with E-state index in [9.17, 15) is 8.42 Å². The topological polar surface area (TPSA) is 60.2 Å². The summed E-state index contributed by atoms with van der Waals surface area (Å²) in [5.74, 6) is 2.13. The molecule has 0 atom stereocenters. The van der Waals surface area contributed by atoms with Crippen LogP contribution in [-0.2, 0) is 9.84 Å². The molecule has 1 rings (SSSR count). The van der Waals surface area contributed by atoms with Gasteiger partial charge in [-0.1, -0.05) is 6.92 Å². The predicted molar refractivity (Wildman–Crippen MR) is 75.3 cm³/mol. The van der Waals surface area contributed by atoms with E-state index < -0.39 is 9.84 Å². The van der Waals surface area contributed by atoms with Crippen molar-refractivity contribution in [2.75, 3.05) is 23.0 Å². The van der Waals surface area contributed by atoms with Crippen molar-refractivity contribution >= 4 is 27.3 Å². The average molecular weight is 273 g/mol. The van der Waals surface area contributed by atoms with Crippen LogP contribution in [-0.4, -0.2) is 25.7 Å². The zero-order valence-electron chi connectivity index (χ0n) is 10.3. The Hall–Kier alpha value is -0.680. The summed E-state index contributed by atoms with van der Waals surface area (Å²) in [6, 6.07) is 4.89. The molecule has 96 valence electrons. The second-order valence-electron chi connectivity index (χ2n) is 3.89. The zero-order chi connectivity index (χ0) is 12.9. The Bertz CT molecular complexity index is 469. The van der Waals surface area contributed by atoms with E-state index in [-0.39, 0.29) is 5.75 Å². The van der Waals surface area contributed by atoms with Gasteiger partial charge in [0.05, 0.1) is 10.6 Å². The fourth-order valence-corrected chi connectivity index (χ4v) is 3.67. The molecule has 0 fully saturated rings. The van der Waals surface area contributed by atoms with E-state index in [1.54, 1.807) is 30.0 Å². The summed E-state index contributed by atoms with van der Waals surface area (Å²) < 4.78 is 24.0. The summed E-state index contributed by atoms with van der Waals surface area (Å²) in [5, 5.41) is 0. The van der Waals surface area contributed by atoms with Crippen LogP contribution >= 0.6 is 11.8 Å². The molecule has 0 bridgehead atoms. The van der Waals surface area contributed by atoms with E-state index in [1.807, 2.05) is 6.92 Å². The van der Waals surface area contributed by atoms with Gasteiger partial charge >= 0.3 is 0 Å². The predicted octanol–water partition coefficient (Wildman–Crippen LogP) is 2.49. The summed E-state index contributed by atoms with van der Waals surface area (Å²) >= 11 is 1.77. The molecule has 1 aromatic rings. The van der Waals surface area contributed by atoms with E-state index >= 15 is 0 Å². The highest BCUT2D eigenvalue weighted by molar-refractivity contribution is 7.99. The van der Waals surface area contributed by atoms with Crippen LogP contribution in [0.25, 0.3) is 0 Å². The van der Waals surface area contributed by atoms with E-state index in [0.29, 0.717) is 17.0 Å². The molecule has 0 aliphatic carbocycles. The molecule has 0 aliphatic rings. The molecule has 2 N–H and O–H groups in total. The molecule has 0 spiro atoms. The molecule has 0 unspecified atom stereocenters. The van der Waals surface area contributed by atoms with Gasteiger partial charge in [0.1, 0.15) is 0 Å². The molecule has 0 saturated carbocycles. The molecule has 0 aromatic heterocycles. The van der Waals surface area contributed by atoms with Crippen LogP contribution in [0, 0.1) is 6.92 Å². The number of anilines is 1. The van der Waals surface area contributed by atoms with E-state index in [4.69, 9.17) is 5.73 Å². The zero-order valence-corrected chi connectivity index (χ0v) is 11.9. The Kier molecular flexibility index (Phi) is 5.33. The van der Waals surface area contributed by atoms with Crippen molar-refractivity contribution in [2.24, 2.45) is 0 Å². The largest absolute Gasteiger partial charge is 0.399 e. The van der Waals surface area contributed by atoms with Crippen molar-refractivity contribution in [1.29, 1.82) is 0 Å². The molecule has 0 heterocycles. The Labute approximate surface area is 108 Å². The highest BCUT2D eigenvalue weighted by Gasteiger charge is 2.14. The van der Waals surface area contributed by atoms with Gasteiger partial charge in [-0.05, 0) is 48.6 Å². The van der Waals surface area contributed by atoms with E-state index in [0.717, 1.165) is 17.1 Å². The summed E-state index contributed by atoms with van der Waals surface area (Å²) in [6.45, 7) is 3.89. The third kappa shape index (κ3) is 4.24. The molecule has 0 aliphatic heterocycles. The maximum Gasteiger partial charge on any atom is 0.178 e. The van der Waals surface area contributed by atoms with Gasteiger partial charge in [-0.2, -0.15) is 11.8 Å². The average Bonchev–Trinajstić information content (AvgIpc) is 2.28. The van der Waals surface area contributed by atoms with Gasteiger partial charge in [0.2, 0.25) is 0 Å². The second-order valence-corrected chi connectivity index (χ2v) is 7.39. The molecule has 5 heteroatoms. The lowest BCUT2D eigenvalue weighted by molar-refractivity contribution is 0.595.